The van der Waals surface area contributed by atoms with Gasteiger partial charge in [-0.2, -0.15) is 22.6 Å². The van der Waals surface area contributed by atoms with Crippen molar-refractivity contribution in [1.29, 1.82) is 0 Å². The lowest BCUT2D eigenvalue weighted by Gasteiger charge is -2.43. The molecule has 2 nitrogen and oxygen atoms in total. The fourth-order valence-corrected chi connectivity index (χ4v) is 7.19. The summed E-state index contributed by atoms with van der Waals surface area (Å²) in [5.74, 6) is 7.50. The summed E-state index contributed by atoms with van der Waals surface area (Å²) in [4.78, 5) is 2.20. The Labute approximate surface area is 173 Å². The van der Waals surface area contributed by atoms with Gasteiger partial charge in [0.15, 0.2) is 0 Å². The van der Waals surface area contributed by atoms with Gasteiger partial charge in [-0.25, -0.2) is 0 Å². The van der Waals surface area contributed by atoms with Crippen LogP contribution in [-0.4, -0.2) is 47.1 Å². The molecule has 0 N–H and O–H groups in total. The minimum atomic E-state index is -4.21. The van der Waals surface area contributed by atoms with Gasteiger partial charge < -0.3 is 4.90 Å². The van der Waals surface area contributed by atoms with Crippen molar-refractivity contribution in [3.05, 3.63) is 42.1 Å². The van der Waals surface area contributed by atoms with Crippen LogP contribution in [0, 0.1) is 5.41 Å². The van der Waals surface area contributed by atoms with E-state index < -0.39 is 21.5 Å². The minimum Gasteiger partial charge on any atom is -0.345 e. The van der Waals surface area contributed by atoms with Crippen molar-refractivity contribution in [3.63, 3.8) is 0 Å². The van der Waals surface area contributed by atoms with Gasteiger partial charge in [-0.05, 0) is 56.7 Å². The molecular weight excluding hydrogens is 393 g/mol. The van der Waals surface area contributed by atoms with E-state index >= 15 is 0 Å². The summed E-state index contributed by atoms with van der Waals surface area (Å²) in [5, 5.41) is 0.706. The van der Waals surface area contributed by atoms with E-state index in [0.717, 1.165) is 50.3 Å². The van der Waals surface area contributed by atoms with Crippen LogP contribution >= 0.6 is 9.39 Å². The van der Waals surface area contributed by atoms with Crippen molar-refractivity contribution in [1.82, 2.24) is 4.31 Å². The zero-order chi connectivity index (χ0) is 21.0. The largest absolute Gasteiger partial charge is 0.395 e. The van der Waals surface area contributed by atoms with Crippen molar-refractivity contribution in [2.24, 2.45) is 5.41 Å². The topological polar surface area (TPSA) is 6.48 Å². The molecule has 0 amide bonds. The maximum Gasteiger partial charge on any atom is 0.395 e. The highest BCUT2D eigenvalue weighted by atomic mass is 32.2. The molecule has 3 fully saturated rings. The standard InChI is InChI=1S/C23H31F3N2S/c1-17(23(24,25)26)19-5-7-20(8-6-19)28-16-13-22(18(28)2)11-14-27(15-12-22)29(3,4)21-9-10-21/h5-8,17,21H,2-4,9-16H2,1H3. The number of rotatable bonds is 4. The van der Waals surface area contributed by atoms with Gasteiger partial charge in [0.05, 0.1) is 5.92 Å². The highest BCUT2D eigenvalue weighted by Crippen LogP contribution is 2.53. The van der Waals surface area contributed by atoms with Crippen LogP contribution in [-0.2, 0) is 0 Å². The summed E-state index contributed by atoms with van der Waals surface area (Å²) in [7, 11) is -1.15. The summed E-state index contributed by atoms with van der Waals surface area (Å²) in [6.07, 6.45) is 1.52. The van der Waals surface area contributed by atoms with Gasteiger partial charge in [0.25, 0.3) is 0 Å². The Morgan fingerprint density at radius 2 is 1.59 bits per heavy atom. The maximum atomic E-state index is 13.0. The fourth-order valence-electron chi connectivity index (χ4n) is 4.84. The summed E-state index contributed by atoms with van der Waals surface area (Å²) in [6.45, 7) is 8.55. The number of halogens is 3. The normalized spacial score (nSPS) is 24.3. The predicted molar refractivity (Wildman–Crippen MR) is 120 cm³/mol. The molecular formula is C23H31F3N2S. The molecule has 4 rings (SSSR count). The van der Waals surface area contributed by atoms with Crippen molar-refractivity contribution < 1.29 is 13.2 Å². The molecule has 0 radical (unpaired) electrons. The number of benzene rings is 1. The number of anilines is 1. The summed E-state index contributed by atoms with van der Waals surface area (Å²) < 4.78 is 41.4. The molecule has 1 aromatic rings. The van der Waals surface area contributed by atoms with Crippen molar-refractivity contribution in [2.75, 3.05) is 24.5 Å². The Bertz CT molecular complexity index is 874. The van der Waals surface area contributed by atoms with Crippen molar-refractivity contribution in [2.45, 2.75) is 56.4 Å². The fraction of sp³-hybridized carbons (Fsp3) is 0.565. The van der Waals surface area contributed by atoms with Crippen LogP contribution in [0.1, 0.15) is 50.5 Å². The van der Waals surface area contributed by atoms with E-state index in [9.17, 15) is 13.2 Å². The Balaban J connectivity index is 1.44. The van der Waals surface area contributed by atoms with E-state index in [1.807, 2.05) is 12.1 Å². The van der Waals surface area contributed by atoms with Gasteiger partial charge in [-0.3, -0.25) is 4.31 Å². The third kappa shape index (κ3) is 3.74. The Morgan fingerprint density at radius 3 is 2.10 bits per heavy atom. The Hall–Kier alpha value is -1.40. The lowest BCUT2D eigenvalue weighted by molar-refractivity contribution is -0.146. The van der Waals surface area contributed by atoms with Crippen LogP contribution in [0.5, 0.6) is 0 Å². The third-order valence-electron chi connectivity index (χ3n) is 7.29. The Morgan fingerprint density at radius 1 is 1.03 bits per heavy atom. The van der Waals surface area contributed by atoms with Gasteiger partial charge in [0, 0.05) is 41.7 Å². The minimum absolute atomic E-state index is 0.105. The second-order valence-corrected chi connectivity index (χ2v) is 12.0. The Kier molecular flexibility index (Phi) is 5.10. The molecule has 1 aromatic carbocycles. The molecule has 1 saturated carbocycles. The first-order chi connectivity index (χ1) is 13.5. The van der Waals surface area contributed by atoms with E-state index in [1.165, 1.54) is 19.8 Å². The molecule has 1 unspecified atom stereocenters. The summed E-state index contributed by atoms with van der Waals surface area (Å²) >= 11 is 0. The average Bonchev–Trinajstić information content (AvgIpc) is 3.49. The molecule has 2 saturated heterocycles. The van der Waals surface area contributed by atoms with Gasteiger partial charge in [0.1, 0.15) is 0 Å². The van der Waals surface area contributed by atoms with Crippen molar-refractivity contribution in [3.8, 4) is 0 Å². The summed E-state index contributed by atoms with van der Waals surface area (Å²) in [5.41, 5.74) is 2.47. The first-order valence-electron chi connectivity index (χ1n) is 10.4. The van der Waals surface area contributed by atoms with Crippen LogP contribution in [0.25, 0.3) is 0 Å². The van der Waals surface area contributed by atoms with E-state index in [-0.39, 0.29) is 5.41 Å². The maximum absolute atomic E-state index is 13.0. The number of alkyl halides is 3. The molecule has 0 aromatic heterocycles. The zero-order valence-corrected chi connectivity index (χ0v) is 18.0. The molecule has 1 atom stereocenters. The zero-order valence-electron chi connectivity index (χ0n) is 17.2. The van der Waals surface area contributed by atoms with Gasteiger partial charge >= 0.3 is 6.18 Å². The van der Waals surface area contributed by atoms with Crippen LogP contribution in [0.15, 0.2) is 36.5 Å². The molecule has 3 aliphatic rings. The summed E-state index contributed by atoms with van der Waals surface area (Å²) in [6, 6.07) is 6.83. The highest BCUT2D eigenvalue weighted by Gasteiger charge is 2.45. The van der Waals surface area contributed by atoms with E-state index in [1.54, 1.807) is 12.1 Å². The smallest absolute Gasteiger partial charge is 0.345 e. The molecule has 0 bridgehead atoms. The number of hydrogen-bond donors (Lipinski definition) is 0. The third-order valence-corrected chi connectivity index (χ3v) is 10.4. The average molecular weight is 425 g/mol. The monoisotopic (exact) mass is 424 g/mol. The molecule has 1 aliphatic carbocycles. The van der Waals surface area contributed by atoms with E-state index in [4.69, 9.17) is 0 Å². The van der Waals surface area contributed by atoms with Gasteiger partial charge in [-0.15, -0.1) is 0 Å². The molecule has 6 heteroatoms. The first kappa shape index (κ1) is 20.9. The lowest BCUT2D eigenvalue weighted by Crippen LogP contribution is -2.39. The van der Waals surface area contributed by atoms with Crippen LogP contribution in [0.2, 0.25) is 0 Å². The predicted octanol–water partition coefficient (Wildman–Crippen LogP) is 5.90. The molecule has 29 heavy (non-hydrogen) atoms. The highest BCUT2D eigenvalue weighted by molar-refractivity contribution is 8.26. The van der Waals surface area contributed by atoms with Crippen LogP contribution < -0.4 is 4.90 Å². The second kappa shape index (κ2) is 7.09. The molecule has 2 heterocycles. The number of nitrogens with zero attached hydrogens (tertiary/aromatic N) is 2. The quantitative estimate of drug-likeness (QED) is 0.555. The number of hydrogen-bond acceptors (Lipinski definition) is 2. The molecule has 2 aliphatic heterocycles. The molecule has 1 spiro atoms. The SMILES string of the molecule is C=C1N(c2ccc(C(C)C(F)(F)F)cc2)CCC12CCN(S(=C)(=C)C1CC1)CC2. The van der Waals surface area contributed by atoms with Crippen LogP contribution in [0.4, 0.5) is 18.9 Å². The molecule has 160 valence electrons. The van der Waals surface area contributed by atoms with E-state index in [2.05, 4.69) is 27.5 Å². The first-order valence-corrected chi connectivity index (χ1v) is 12.4. The second-order valence-electron chi connectivity index (χ2n) is 9.01. The van der Waals surface area contributed by atoms with E-state index in [0.29, 0.717) is 10.8 Å². The van der Waals surface area contributed by atoms with Crippen molar-refractivity contribution >= 4 is 26.8 Å². The van der Waals surface area contributed by atoms with Gasteiger partial charge in [0.2, 0.25) is 0 Å². The lowest BCUT2D eigenvalue weighted by atomic mass is 9.76. The van der Waals surface area contributed by atoms with Gasteiger partial charge in [-0.1, -0.05) is 30.5 Å². The van der Waals surface area contributed by atoms with Crippen LogP contribution in [0.3, 0.4) is 0 Å². The number of allylic oxidation sites excluding steroid dienone is 1. The number of piperidine rings is 1.